The molecule has 0 saturated heterocycles. The molecule has 0 saturated carbocycles. The highest BCUT2D eigenvalue weighted by atomic mass is 15.1. The Morgan fingerprint density at radius 3 is 2.44 bits per heavy atom. The predicted octanol–water partition coefficient (Wildman–Crippen LogP) is 6.65. The molecule has 0 bridgehead atoms. The number of fused-ring (bicyclic) bond motifs is 3. The minimum absolute atomic E-state index is 0.0290. The van der Waals surface area contributed by atoms with Crippen LogP contribution in [-0.4, -0.2) is 0 Å². The lowest BCUT2D eigenvalue weighted by molar-refractivity contribution is -0.768. The van der Waals surface area contributed by atoms with E-state index < -0.39 is 0 Å². The Morgan fingerprint density at radius 1 is 1.07 bits per heavy atom. The summed E-state index contributed by atoms with van der Waals surface area (Å²) in [5, 5.41) is 0. The third kappa shape index (κ3) is 2.78. The van der Waals surface area contributed by atoms with Crippen LogP contribution >= 0.6 is 0 Å². The van der Waals surface area contributed by atoms with Crippen LogP contribution in [-0.2, 0) is 17.4 Å². The van der Waals surface area contributed by atoms with Crippen LogP contribution in [0.1, 0.15) is 76.5 Å². The quantitative estimate of drug-likeness (QED) is 0.383. The number of rotatable bonds is 7. The van der Waals surface area contributed by atoms with Crippen molar-refractivity contribution in [1.82, 2.24) is 0 Å². The first kappa shape index (κ1) is 19.9. The Bertz CT molecular complexity index is 834. The van der Waals surface area contributed by atoms with E-state index >= 15 is 0 Å². The van der Waals surface area contributed by atoms with Crippen LogP contribution in [0.15, 0.2) is 49.2 Å². The molecule has 1 nitrogen and oxygen atoms in total. The molecule has 2 unspecified atom stereocenters. The van der Waals surface area contributed by atoms with Crippen LogP contribution in [0.5, 0.6) is 0 Å². The highest BCUT2D eigenvalue weighted by Gasteiger charge is 2.58. The second kappa shape index (κ2) is 7.62. The predicted molar refractivity (Wildman–Crippen MR) is 116 cm³/mol. The van der Waals surface area contributed by atoms with E-state index in [1.54, 1.807) is 0 Å². The minimum atomic E-state index is 0.0290. The largest absolute Gasteiger partial charge is 0.216 e. The van der Waals surface area contributed by atoms with E-state index in [0.717, 1.165) is 19.3 Å². The Balaban J connectivity index is 2.38. The molecule has 2 atom stereocenters. The fourth-order valence-electron chi connectivity index (χ4n) is 5.50. The second-order valence-corrected chi connectivity index (χ2v) is 8.40. The van der Waals surface area contributed by atoms with E-state index in [4.69, 9.17) is 0 Å². The van der Waals surface area contributed by atoms with Crippen LogP contribution in [0.25, 0.3) is 11.3 Å². The second-order valence-electron chi connectivity index (χ2n) is 8.40. The topological polar surface area (TPSA) is 3.88 Å². The third-order valence-corrected chi connectivity index (χ3v) is 7.34. The highest BCUT2D eigenvalue weighted by Crippen LogP contribution is 2.51. The van der Waals surface area contributed by atoms with Crippen LogP contribution in [0, 0.1) is 6.92 Å². The van der Waals surface area contributed by atoms with Crippen molar-refractivity contribution in [3.05, 3.63) is 65.9 Å². The van der Waals surface area contributed by atoms with Crippen molar-refractivity contribution >= 4 is 0 Å². The van der Waals surface area contributed by atoms with Crippen LogP contribution in [0.4, 0.5) is 0 Å². The van der Waals surface area contributed by atoms with Crippen LogP contribution in [0.2, 0.25) is 0 Å². The maximum Gasteiger partial charge on any atom is 0.216 e. The van der Waals surface area contributed by atoms with Gasteiger partial charge in [-0.05, 0) is 50.3 Å². The fraction of sp³-hybridized carbons (Fsp3) is 0.500. The molecule has 0 fully saturated rings. The molecule has 2 heterocycles. The van der Waals surface area contributed by atoms with Gasteiger partial charge >= 0.3 is 0 Å². The van der Waals surface area contributed by atoms with E-state index in [-0.39, 0.29) is 11.0 Å². The average molecular weight is 363 g/mol. The lowest BCUT2D eigenvalue weighted by Gasteiger charge is -2.48. The maximum absolute atomic E-state index is 4.14. The molecule has 0 amide bonds. The van der Waals surface area contributed by atoms with Gasteiger partial charge in [-0.3, -0.25) is 0 Å². The first-order valence-corrected chi connectivity index (χ1v) is 10.8. The Morgan fingerprint density at radius 2 is 1.81 bits per heavy atom. The van der Waals surface area contributed by atoms with Crippen molar-refractivity contribution in [3.8, 4) is 11.3 Å². The lowest BCUT2D eigenvalue weighted by Crippen LogP contribution is -2.69. The molecule has 1 aromatic heterocycles. The molecule has 1 heteroatoms. The molecule has 27 heavy (non-hydrogen) atoms. The Kier molecular flexibility index (Phi) is 5.60. The minimum Gasteiger partial charge on any atom is -0.191 e. The summed E-state index contributed by atoms with van der Waals surface area (Å²) in [4.78, 5) is 0. The first-order valence-electron chi connectivity index (χ1n) is 10.8. The number of benzene rings is 1. The highest BCUT2D eigenvalue weighted by molar-refractivity contribution is 5.69. The van der Waals surface area contributed by atoms with Gasteiger partial charge in [-0.1, -0.05) is 51.5 Å². The standard InChI is InChI=1S/C26H36N/c1-7-11-14-21-17-19-27-24(20(21)5)22-15-12-13-16-23(22)25(6,9-3)26(27,10-4)18-8-2/h8,12-13,15-17,19H,2,7,9-11,14,18H2,1,3-6H3/q+1. The monoisotopic (exact) mass is 362 g/mol. The maximum atomic E-state index is 4.14. The van der Waals surface area contributed by atoms with Gasteiger partial charge in [0, 0.05) is 24.5 Å². The summed E-state index contributed by atoms with van der Waals surface area (Å²) >= 11 is 0. The van der Waals surface area contributed by atoms with E-state index in [2.05, 4.69) is 88.4 Å². The molecule has 144 valence electrons. The molecular formula is C26H36N+. The van der Waals surface area contributed by atoms with Gasteiger partial charge < -0.3 is 0 Å². The summed E-state index contributed by atoms with van der Waals surface area (Å²) < 4.78 is 2.62. The molecular weight excluding hydrogens is 326 g/mol. The summed E-state index contributed by atoms with van der Waals surface area (Å²) in [6, 6.07) is 11.5. The van der Waals surface area contributed by atoms with E-state index in [0.29, 0.717) is 0 Å². The van der Waals surface area contributed by atoms with Gasteiger partial charge in [0.1, 0.15) is 0 Å². The Labute approximate surface area is 166 Å². The van der Waals surface area contributed by atoms with Gasteiger partial charge in [0.05, 0.1) is 11.0 Å². The number of aromatic nitrogens is 1. The van der Waals surface area contributed by atoms with Crippen molar-refractivity contribution in [2.45, 2.75) is 84.1 Å². The number of unbranched alkanes of at least 4 members (excludes halogenated alkanes) is 1. The SMILES string of the molecule is C=CCC1(CC)[n+]2ccc(CCCC)c(C)c2-c2ccccc2C1(C)CC. The molecule has 0 spiro atoms. The zero-order chi connectivity index (χ0) is 19.7. The third-order valence-electron chi connectivity index (χ3n) is 7.34. The number of pyridine rings is 1. The zero-order valence-electron chi connectivity index (χ0n) is 17.9. The van der Waals surface area contributed by atoms with Gasteiger partial charge in [0.2, 0.25) is 5.69 Å². The van der Waals surface area contributed by atoms with E-state index in [9.17, 15) is 0 Å². The first-order chi connectivity index (χ1) is 13.0. The molecule has 1 aliphatic rings. The molecule has 1 aromatic carbocycles. The summed E-state index contributed by atoms with van der Waals surface area (Å²) in [6.45, 7) is 15.9. The van der Waals surface area contributed by atoms with Crippen molar-refractivity contribution in [1.29, 1.82) is 0 Å². The number of hydrogen-bond donors (Lipinski definition) is 0. The number of allylic oxidation sites excluding steroid dienone is 1. The fourth-order valence-corrected chi connectivity index (χ4v) is 5.50. The molecule has 0 radical (unpaired) electrons. The smallest absolute Gasteiger partial charge is 0.191 e. The van der Waals surface area contributed by atoms with Gasteiger partial charge in [0.15, 0.2) is 11.7 Å². The van der Waals surface area contributed by atoms with Gasteiger partial charge in [-0.25, -0.2) is 0 Å². The summed E-state index contributed by atoms with van der Waals surface area (Å²) in [5.74, 6) is 0. The molecule has 2 aromatic rings. The molecule has 0 aliphatic carbocycles. The normalized spacial score (nSPS) is 23.6. The zero-order valence-corrected chi connectivity index (χ0v) is 17.9. The van der Waals surface area contributed by atoms with Gasteiger partial charge in [-0.15, -0.1) is 6.58 Å². The van der Waals surface area contributed by atoms with Crippen molar-refractivity contribution in [3.63, 3.8) is 0 Å². The Hall–Kier alpha value is -1.89. The van der Waals surface area contributed by atoms with Crippen molar-refractivity contribution in [2.75, 3.05) is 0 Å². The van der Waals surface area contributed by atoms with Crippen LogP contribution in [0.3, 0.4) is 0 Å². The number of nitrogens with zero attached hydrogens (tertiary/aromatic N) is 1. The van der Waals surface area contributed by atoms with Crippen LogP contribution < -0.4 is 4.57 Å². The number of hydrogen-bond acceptors (Lipinski definition) is 0. The summed E-state index contributed by atoms with van der Waals surface area (Å²) in [6.07, 6.45) is 11.4. The number of aryl methyl sites for hydroxylation is 1. The molecule has 1 aliphatic heterocycles. The lowest BCUT2D eigenvalue weighted by atomic mass is 9.58. The molecule has 0 N–H and O–H groups in total. The van der Waals surface area contributed by atoms with Gasteiger partial charge in [0.25, 0.3) is 0 Å². The van der Waals surface area contributed by atoms with Crippen molar-refractivity contribution in [2.24, 2.45) is 0 Å². The van der Waals surface area contributed by atoms with E-state index in [1.165, 1.54) is 47.2 Å². The van der Waals surface area contributed by atoms with Crippen molar-refractivity contribution < 1.29 is 4.57 Å². The molecule has 3 rings (SSSR count). The average Bonchev–Trinajstić information content (AvgIpc) is 2.70. The summed E-state index contributed by atoms with van der Waals surface area (Å²) in [5.41, 5.74) is 7.43. The van der Waals surface area contributed by atoms with Gasteiger partial charge in [-0.2, -0.15) is 4.57 Å². The summed E-state index contributed by atoms with van der Waals surface area (Å²) in [7, 11) is 0. The van der Waals surface area contributed by atoms with E-state index in [1.807, 2.05) is 0 Å².